The van der Waals surface area contributed by atoms with E-state index in [9.17, 15) is 0 Å². The smallest absolute Gasteiger partial charge is 0.124 e. The van der Waals surface area contributed by atoms with Gasteiger partial charge in [0.2, 0.25) is 0 Å². The zero-order chi connectivity index (χ0) is 18.0. The molecule has 0 atom stereocenters. The number of para-hydroxylation sites is 1. The molecule has 1 N–H and O–H groups in total. The van der Waals surface area contributed by atoms with Crippen LogP contribution in [0.5, 0.6) is 5.75 Å². The van der Waals surface area contributed by atoms with Crippen LogP contribution < -0.4 is 10.1 Å². The first kappa shape index (κ1) is 17.6. The quantitative estimate of drug-likeness (QED) is 0.894. The number of nitrogens with one attached hydrogen (secondary N) is 1. The highest BCUT2D eigenvalue weighted by atomic mass is 16.5. The van der Waals surface area contributed by atoms with Gasteiger partial charge in [0.05, 0.1) is 0 Å². The van der Waals surface area contributed by atoms with Crippen molar-refractivity contribution < 1.29 is 4.74 Å². The zero-order valence-electron chi connectivity index (χ0n) is 16.0. The molecule has 2 aromatic carbocycles. The number of fused-ring (bicyclic) bond motifs is 1. The van der Waals surface area contributed by atoms with E-state index in [1.807, 2.05) is 0 Å². The van der Waals surface area contributed by atoms with Crippen molar-refractivity contribution in [2.75, 3.05) is 13.6 Å². The Morgan fingerprint density at radius 1 is 1.12 bits per heavy atom. The van der Waals surface area contributed by atoms with E-state index < -0.39 is 0 Å². The van der Waals surface area contributed by atoms with Gasteiger partial charge in [-0.05, 0) is 51.3 Å². The van der Waals surface area contributed by atoms with Crippen LogP contribution >= 0.6 is 0 Å². The third-order valence-electron chi connectivity index (χ3n) is 6.00. The lowest BCUT2D eigenvalue weighted by molar-refractivity contribution is -0.00321. The van der Waals surface area contributed by atoms with Crippen molar-refractivity contribution in [3.63, 3.8) is 0 Å². The van der Waals surface area contributed by atoms with Gasteiger partial charge in [0, 0.05) is 31.2 Å². The number of aryl methyl sites for hydroxylation is 1. The summed E-state index contributed by atoms with van der Waals surface area (Å²) in [7, 11) is 2.08. The summed E-state index contributed by atoms with van der Waals surface area (Å²) in [5.41, 5.74) is 3.98. The normalized spacial score (nSPS) is 26.2. The molecule has 2 aliphatic rings. The number of benzene rings is 2. The lowest BCUT2D eigenvalue weighted by Crippen LogP contribution is -2.50. The minimum absolute atomic E-state index is 0.0518. The highest BCUT2D eigenvalue weighted by molar-refractivity contribution is 5.35. The van der Waals surface area contributed by atoms with Crippen LogP contribution in [0.15, 0.2) is 48.5 Å². The fourth-order valence-electron chi connectivity index (χ4n) is 4.58. The van der Waals surface area contributed by atoms with Gasteiger partial charge in [-0.3, -0.25) is 4.90 Å². The van der Waals surface area contributed by atoms with Crippen molar-refractivity contribution in [3.05, 3.63) is 65.2 Å². The molecule has 1 aliphatic heterocycles. The van der Waals surface area contributed by atoms with Crippen LogP contribution in [0.2, 0.25) is 0 Å². The molecule has 3 heteroatoms. The van der Waals surface area contributed by atoms with Gasteiger partial charge in [-0.2, -0.15) is 0 Å². The van der Waals surface area contributed by atoms with E-state index in [-0.39, 0.29) is 5.60 Å². The summed E-state index contributed by atoms with van der Waals surface area (Å²) >= 11 is 0. The maximum absolute atomic E-state index is 6.70. The van der Waals surface area contributed by atoms with Crippen molar-refractivity contribution in [1.29, 1.82) is 0 Å². The van der Waals surface area contributed by atoms with Crippen LogP contribution in [-0.4, -0.2) is 30.1 Å². The molecule has 2 aromatic rings. The zero-order valence-corrected chi connectivity index (χ0v) is 16.0. The van der Waals surface area contributed by atoms with Crippen LogP contribution in [0, 0.1) is 6.92 Å². The van der Waals surface area contributed by atoms with Crippen molar-refractivity contribution in [1.82, 2.24) is 10.2 Å². The van der Waals surface area contributed by atoms with E-state index >= 15 is 0 Å². The first-order chi connectivity index (χ1) is 12.7. The summed E-state index contributed by atoms with van der Waals surface area (Å²) < 4.78 is 6.70. The van der Waals surface area contributed by atoms with Crippen LogP contribution in [0.4, 0.5) is 0 Å². The molecule has 1 saturated carbocycles. The minimum atomic E-state index is -0.0518. The van der Waals surface area contributed by atoms with Gasteiger partial charge in [0.25, 0.3) is 0 Å². The molecule has 0 saturated heterocycles. The molecule has 0 radical (unpaired) electrons. The van der Waals surface area contributed by atoms with Crippen molar-refractivity contribution in [2.24, 2.45) is 0 Å². The van der Waals surface area contributed by atoms with E-state index in [1.165, 1.54) is 29.5 Å². The van der Waals surface area contributed by atoms with Crippen LogP contribution in [0.3, 0.4) is 0 Å². The first-order valence-electron chi connectivity index (χ1n) is 9.88. The monoisotopic (exact) mass is 350 g/mol. The highest BCUT2D eigenvalue weighted by Crippen LogP contribution is 2.38. The maximum atomic E-state index is 6.70. The number of hydrogen-bond acceptors (Lipinski definition) is 3. The molecule has 1 fully saturated rings. The second-order valence-corrected chi connectivity index (χ2v) is 8.09. The molecule has 138 valence electrons. The van der Waals surface area contributed by atoms with Crippen LogP contribution in [0.25, 0.3) is 0 Å². The third kappa shape index (κ3) is 3.79. The molecule has 0 amide bonds. The standard InChI is InChI=1S/C23H30N2O/c1-18-6-5-7-19(14-18)15-25-16-20-8-3-4-9-22(20)26-23(17-25)12-10-21(24-2)11-13-23/h3-9,14,21,24H,10-13,15-17H2,1-2H3. The Hall–Kier alpha value is -1.84. The third-order valence-corrected chi connectivity index (χ3v) is 6.00. The van der Waals surface area contributed by atoms with E-state index in [1.54, 1.807) is 0 Å². The Morgan fingerprint density at radius 3 is 2.69 bits per heavy atom. The second-order valence-electron chi connectivity index (χ2n) is 8.09. The van der Waals surface area contributed by atoms with Crippen molar-refractivity contribution in [3.8, 4) is 5.75 Å². The molecule has 0 bridgehead atoms. The molecule has 3 nitrogen and oxygen atoms in total. The average molecular weight is 351 g/mol. The maximum Gasteiger partial charge on any atom is 0.124 e. The van der Waals surface area contributed by atoms with Gasteiger partial charge in [-0.25, -0.2) is 0 Å². The fraction of sp³-hybridized carbons (Fsp3) is 0.478. The van der Waals surface area contributed by atoms with E-state index in [4.69, 9.17) is 4.74 Å². The summed E-state index contributed by atoms with van der Waals surface area (Å²) in [6.45, 7) is 5.12. The van der Waals surface area contributed by atoms with Crippen molar-refractivity contribution >= 4 is 0 Å². The number of ether oxygens (including phenoxy) is 1. The Bertz CT molecular complexity index is 749. The SMILES string of the molecule is CNC1CCC2(CC1)CN(Cc1cccc(C)c1)Cc1ccccc1O2. The molecular weight excluding hydrogens is 320 g/mol. The molecular formula is C23H30N2O. The Balaban J connectivity index is 1.60. The molecule has 0 unspecified atom stereocenters. The molecule has 1 heterocycles. The predicted molar refractivity (Wildman–Crippen MR) is 106 cm³/mol. The summed E-state index contributed by atoms with van der Waals surface area (Å²) in [6, 6.07) is 18.1. The topological polar surface area (TPSA) is 24.5 Å². The Morgan fingerprint density at radius 2 is 1.92 bits per heavy atom. The highest BCUT2D eigenvalue weighted by Gasteiger charge is 2.40. The van der Waals surface area contributed by atoms with E-state index in [0.29, 0.717) is 6.04 Å². The molecule has 26 heavy (non-hydrogen) atoms. The van der Waals surface area contributed by atoms with Gasteiger partial charge < -0.3 is 10.1 Å². The van der Waals surface area contributed by atoms with Gasteiger partial charge in [0.15, 0.2) is 0 Å². The van der Waals surface area contributed by atoms with Crippen LogP contribution in [-0.2, 0) is 13.1 Å². The van der Waals surface area contributed by atoms with E-state index in [0.717, 1.165) is 38.2 Å². The van der Waals surface area contributed by atoms with Crippen molar-refractivity contribution in [2.45, 2.75) is 57.3 Å². The fourth-order valence-corrected chi connectivity index (χ4v) is 4.58. The average Bonchev–Trinajstić information content (AvgIpc) is 2.78. The summed E-state index contributed by atoms with van der Waals surface area (Å²) in [5, 5.41) is 3.45. The lowest BCUT2D eigenvalue weighted by atomic mass is 9.81. The number of rotatable bonds is 3. The molecule has 1 spiro atoms. The predicted octanol–water partition coefficient (Wildman–Crippen LogP) is 4.29. The van der Waals surface area contributed by atoms with Gasteiger partial charge in [0.1, 0.15) is 11.4 Å². The molecule has 4 rings (SSSR count). The molecule has 0 aromatic heterocycles. The summed E-state index contributed by atoms with van der Waals surface area (Å²) in [4.78, 5) is 2.58. The van der Waals surface area contributed by atoms with Gasteiger partial charge in [-0.1, -0.05) is 48.0 Å². The number of nitrogens with zero attached hydrogens (tertiary/aromatic N) is 1. The Labute approximate surface area is 157 Å². The summed E-state index contributed by atoms with van der Waals surface area (Å²) in [5.74, 6) is 1.09. The number of hydrogen-bond donors (Lipinski definition) is 1. The van der Waals surface area contributed by atoms with Gasteiger partial charge >= 0.3 is 0 Å². The Kier molecular flexibility index (Phi) is 5.01. The largest absolute Gasteiger partial charge is 0.486 e. The summed E-state index contributed by atoms with van der Waals surface area (Å²) in [6.07, 6.45) is 4.63. The second kappa shape index (κ2) is 7.42. The molecule has 1 aliphatic carbocycles. The van der Waals surface area contributed by atoms with E-state index in [2.05, 4.69) is 72.7 Å². The first-order valence-corrected chi connectivity index (χ1v) is 9.88. The lowest BCUT2D eigenvalue weighted by Gasteiger charge is -2.41. The van der Waals surface area contributed by atoms with Gasteiger partial charge in [-0.15, -0.1) is 0 Å². The van der Waals surface area contributed by atoms with Crippen LogP contribution in [0.1, 0.15) is 42.4 Å². The minimum Gasteiger partial charge on any atom is -0.486 e.